The van der Waals surface area contributed by atoms with Gasteiger partial charge in [0.05, 0.1) is 6.04 Å². The molecule has 1 aliphatic rings. The second kappa shape index (κ2) is 9.58. The predicted molar refractivity (Wildman–Crippen MR) is 120 cm³/mol. The zero-order valence-electron chi connectivity index (χ0n) is 17.6. The average molecular weight is 415 g/mol. The number of carbonyl (C=O) groups is 2. The first-order chi connectivity index (χ1) is 15.1. The van der Waals surface area contributed by atoms with E-state index in [9.17, 15) is 9.59 Å². The Morgan fingerprint density at radius 3 is 1.74 bits per heavy atom. The first-order valence-electron chi connectivity index (χ1n) is 10.5. The van der Waals surface area contributed by atoms with Crippen molar-refractivity contribution in [3.8, 4) is 5.75 Å². The van der Waals surface area contributed by atoms with Crippen LogP contribution in [0.5, 0.6) is 5.75 Å². The third-order valence-corrected chi connectivity index (χ3v) is 5.56. The van der Waals surface area contributed by atoms with Crippen LogP contribution in [-0.2, 0) is 4.79 Å². The van der Waals surface area contributed by atoms with Crippen molar-refractivity contribution in [2.24, 2.45) is 0 Å². The Morgan fingerprint density at radius 2 is 1.26 bits per heavy atom. The monoisotopic (exact) mass is 414 g/mol. The van der Waals surface area contributed by atoms with Gasteiger partial charge in [0, 0.05) is 38.7 Å². The smallest absolute Gasteiger partial charge is 0.308 e. The highest BCUT2D eigenvalue weighted by Crippen LogP contribution is 2.29. The van der Waals surface area contributed by atoms with Gasteiger partial charge in [-0.25, -0.2) is 0 Å². The Kier molecular flexibility index (Phi) is 6.43. The van der Waals surface area contributed by atoms with Crippen molar-refractivity contribution in [1.82, 2.24) is 9.80 Å². The molecule has 5 heteroatoms. The van der Waals surface area contributed by atoms with Crippen LogP contribution in [0.15, 0.2) is 84.9 Å². The number of hydrogen-bond acceptors (Lipinski definition) is 4. The van der Waals surface area contributed by atoms with Gasteiger partial charge >= 0.3 is 5.97 Å². The molecule has 1 heterocycles. The normalized spacial score (nSPS) is 14.5. The predicted octanol–water partition coefficient (Wildman–Crippen LogP) is 4.16. The van der Waals surface area contributed by atoms with Gasteiger partial charge in [-0.1, -0.05) is 60.7 Å². The van der Waals surface area contributed by atoms with Crippen molar-refractivity contribution >= 4 is 11.9 Å². The standard InChI is InChI=1S/C26H26N2O3/c1-20(29)31-24-14-12-23(13-15-24)26(30)28-18-16-27(17-19-28)25(21-8-4-2-5-9-21)22-10-6-3-7-11-22/h2-15,25H,16-19H2,1H3. The summed E-state index contributed by atoms with van der Waals surface area (Å²) in [4.78, 5) is 28.4. The summed E-state index contributed by atoms with van der Waals surface area (Å²) in [5, 5.41) is 0. The highest BCUT2D eigenvalue weighted by molar-refractivity contribution is 5.94. The van der Waals surface area contributed by atoms with E-state index in [-0.39, 0.29) is 17.9 Å². The summed E-state index contributed by atoms with van der Waals surface area (Å²) in [7, 11) is 0. The molecule has 0 bridgehead atoms. The fraction of sp³-hybridized carbons (Fsp3) is 0.231. The number of rotatable bonds is 5. The van der Waals surface area contributed by atoms with Crippen LogP contribution in [0.2, 0.25) is 0 Å². The molecule has 3 aromatic carbocycles. The molecule has 0 aromatic heterocycles. The number of nitrogens with zero attached hydrogens (tertiary/aromatic N) is 2. The van der Waals surface area contributed by atoms with Gasteiger partial charge in [-0.3, -0.25) is 14.5 Å². The molecule has 0 saturated carbocycles. The van der Waals surface area contributed by atoms with Crippen molar-refractivity contribution in [2.75, 3.05) is 26.2 Å². The molecule has 158 valence electrons. The molecule has 1 aliphatic heterocycles. The maximum absolute atomic E-state index is 12.9. The number of esters is 1. The Balaban J connectivity index is 1.45. The summed E-state index contributed by atoms with van der Waals surface area (Å²) >= 11 is 0. The van der Waals surface area contributed by atoms with Crippen molar-refractivity contribution in [1.29, 1.82) is 0 Å². The van der Waals surface area contributed by atoms with Gasteiger partial charge in [0.25, 0.3) is 5.91 Å². The van der Waals surface area contributed by atoms with Crippen molar-refractivity contribution in [2.45, 2.75) is 13.0 Å². The van der Waals surface area contributed by atoms with Crippen LogP contribution in [-0.4, -0.2) is 47.9 Å². The second-order valence-corrected chi connectivity index (χ2v) is 7.67. The van der Waals surface area contributed by atoms with Crippen molar-refractivity contribution in [3.05, 3.63) is 102 Å². The molecule has 5 nitrogen and oxygen atoms in total. The molecule has 1 fully saturated rings. The minimum atomic E-state index is -0.374. The summed E-state index contributed by atoms with van der Waals surface area (Å²) in [6, 6.07) is 27.9. The van der Waals surface area contributed by atoms with Gasteiger partial charge in [0.15, 0.2) is 0 Å². The van der Waals surface area contributed by atoms with E-state index in [2.05, 4.69) is 53.4 Å². The lowest BCUT2D eigenvalue weighted by Crippen LogP contribution is -2.49. The van der Waals surface area contributed by atoms with E-state index in [1.54, 1.807) is 24.3 Å². The molecule has 0 spiro atoms. The maximum atomic E-state index is 12.9. The molecule has 1 saturated heterocycles. The van der Waals surface area contributed by atoms with E-state index in [0.717, 1.165) is 13.1 Å². The molecule has 3 aromatic rings. The van der Waals surface area contributed by atoms with E-state index >= 15 is 0 Å². The highest BCUT2D eigenvalue weighted by atomic mass is 16.5. The van der Waals surface area contributed by atoms with Gasteiger partial charge in [-0.15, -0.1) is 0 Å². The number of piperazine rings is 1. The van der Waals surface area contributed by atoms with Crippen LogP contribution >= 0.6 is 0 Å². The molecule has 1 amide bonds. The first-order valence-corrected chi connectivity index (χ1v) is 10.5. The van der Waals surface area contributed by atoms with Crippen LogP contribution in [0.3, 0.4) is 0 Å². The van der Waals surface area contributed by atoms with Gasteiger partial charge in [-0.05, 0) is 35.4 Å². The summed E-state index contributed by atoms with van der Waals surface area (Å²) in [6.45, 7) is 4.29. The molecular weight excluding hydrogens is 388 g/mol. The third kappa shape index (κ3) is 5.01. The zero-order chi connectivity index (χ0) is 21.6. The lowest BCUT2D eigenvalue weighted by molar-refractivity contribution is -0.131. The van der Waals surface area contributed by atoms with Crippen molar-refractivity contribution < 1.29 is 14.3 Å². The van der Waals surface area contributed by atoms with Gasteiger partial charge in [0.2, 0.25) is 0 Å². The fourth-order valence-corrected chi connectivity index (χ4v) is 4.08. The molecule has 31 heavy (non-hydrogen) atoms. The summed E-state index contributed by atoms with van der Waals surface area (Å²) in [6.07, 6.45) is 0. The summed E-state index contributed by atoms with van der Waals surface area (Å²) in [5.74, 6) is 0.0778. The molecular formula is C26H26N2O3. The van der Waals surface area contributed by atoms with Gasteiger partial charge in [0.1, 0.15) is 5.75 Å². The van der Waals surface area contributed by atoms with Gasteiger partial charge in [-0.2, -0.15) is 0 Å². The van der Waals surface area contributed by atoms with Crippen LogP contribution in [0.4, 0.5) is 0 Å². The molecule has 0 N–H and O–H groups in total. The van der Waals surface area contributed by atoms with Crippen LogP contribution in [0.25, 0.3) is 0 Å². The SMILES string of the molecule is CC(=O)Oc1ccc(C(=O)N2CCN(C(c3ccccc3)c3ccccc3)CC2)cc1. The van der Waals surface area contributed by atoms with Crippen LogP contribution < -0.4 is 4.74 Å². The van der Waals surface area contributed by atoms with Crippen molar-refractivity contribution in [3.63, 3.8) is 0 Å². The van der Waals surface area contributed by atoms with E-state index in [4.69, 9.17) is 4.74 Å². The Bertz CT molecular complexity index is 972. The Labute approximate surface area is 182 Å². The third-order valence-electron chi connectivity index (χ3n) is 5.56. The number of carbonyl (C=O) groups excluding carboxylic acids is 2. The zero-order valence-corrected chi connectivity index (χ0v) is 17.6. The van der Waals surface area contributed by atoms with E-state index in [1.807, 2.05) is 17.0 Å². The topological polar surface area (TPSA) is 49.9 Å². The number of ether oxygens (including phenoxy) is 1. The molecule has 0 radical (unpaired) electrons. The minimum absolute atomic E-state index is 0.00463. The number of hydrogen-bond donors (Lipinski definition) is 0. The number of benzene rings is 3. The first kappa shape index (κ1) is 20.8. The van der Waals surface area contributed by atoms with E-state index in [0.29, 0.717) is 24.4 Å². The average Bonchev–Trinajstić information content (AvgIpc) is 2.81. The summed E-state index contributed by atoms with van der Waals surface area (Å²) < 4.78 is 5.05. The highest BCUT2D eigenvalue weighted by Gasteiger charge is 2.28. The molecule has 0 atom stereocenters. The largest absolute Gasteiger partial charge is 0.427 e. The lowest BCUT2D eigenvalue weighted by Gasteiger charge is -2.39. The molecule has 0 aliphatic carbocycles. The quantitative estimate of drug-likeness (QED) is 0.465. The maximum Gasteiger partial charge on any atom is 0.308 e. The van der Waals surface area contributed by atoms with Crippen LogP contribution in [0.1, 0.15) is 34.5 Å². The number of amides is 1. The summed E-state index contributed by atoms with van der Waals surface area (Å²) in [5.41, 5.74) is 3.12. The fourth-order valence-electron chi connectivity index (χ4n) is 4.08. The Morgan fingerprint density at radius 1 is 0.742 bits per heavy atom. The Hall–Kier alpha value is -3.44. The van der Waals surface area contributed by atoms with E-state index < -0.39 is 0 Å². The molecule has 4 rings (SSSR count). The van der Waals surface area contributed by atoms with E-state index in [1.165, 1.54) is 18.1 Å². The minimum Gasteiger partial charge on any atom is -0.427 e. The second-order valence-electron chi connectivity index (χ2n) is 7.67. The lowest BCUT2D eigenvalue weighted by atomic mass is 9.96. The van der Waals surface area contributed by atoms with Gasteiger partial charge < -0.3 is 9.64 Å². The van der Waals surface area contributed by atoms with Crippen LogP contribution in [0, 0.1) is 0 Å². The molecule has 0 unspecified atom stereocenters.